The molecule has 110 valence electrons. The Morgan fingerprint density at radius 1 is 1.40 bits per heavy atom. The Morgan fingerprint density at radius 2 is 2.10 bits per heavy atom. The predicted octanol–water partition coefficient (Wildman–Crippen LogP) is 4.75. The Hall–Kier alpha value is -0.190. The van der Waals surface area contributed by atoms with Crippen LogP contribution < -0.4 is 5.32 Å². The SMILES string of the molecule is CSc1ccc(Cl)c(C(=O)NCC2CCC(Br)CC2)c1. The number of hydrogen-bond donors (Lipinski definition) is 1. The Balaban J connectivity index is 1.91. The molecule has 2 rings (SSSR count). The number of thioether (sulfide) groups is 1. The van der Waals surface area contributed by atoms with Crippen molar-refractivity contribution in [2.45, 2.75) is 35.4 Å². The topological polar surface area (TPSA) is 29.1 Å². The van der Waals surface area contributed by atoms with Crippen LogP contribution in [0.3, 0.4) is 0 Å². The maximum absolute atomic E-state index is 12.2. The van der Waals surface area contributed by atoms with Gasteiger partial charge in [-0.15, -0.1) is 11.8 Å². The van der Waals surface area contributed by atoms with Crippen LogP contribution in [-0.2, 0) is 0 Å². The van der Waals surface area contributed by atoms with E-state index in [9.17, 15) is 4.79 Å². The lowest BCUT2D eigenvalue weighted by Gasteiger charge is -2.25. The van der Waals surface area contributed by atoms with E-state index < -0.39 is 0 Å². The van der Waals surface area contributed by atoms with Crippen LogP contribution in [0.2, 0.25) is 5.02 Å². The number of halogens is 2. The standard InChI is InChI=1S/C15H19BrClNOS/c1-20-12-6-7-14(17)13(8-12)15(19)18-9-10-2-4-11(16)5-3-10/h6-8,10-11H,2-5,9H2,1H3,(H,18,19). The summed E-state index contributed by atoms with van der Waals surface area (Å²) in [6, 6.07) is 5.58. The van der Waals surface area contributed by atoms with Crippen molar-refractivity contribution < 1.29 is 4.79 Å². The van der Waals surface area contributed by atoms with E-state index in [0.29, 0.717) is 21.3 Å². The van der Waals surface area contributed by atoms with Crippen LogP contribution in [0.15, 0.2) is 23.1 Å². The zero-order chi connectivity index (χ0) is 14.5. The van der Waals surface area contributed by atoms with Crippen molar-refractivity contribution in [1.29, 1.82) is 0 Å². The lowest BCUT2D eigenvalue weighted by molar-refractivity contribution is 0.0944. The average Bonchev–Trinajstić information content (AvgIpc) is 2.47. The Kier molecular flexibility index (Phi) is 6.24. The fraction of sp³-hybridized carbons (Fsp3) is 0.533. The summed E-state index contributed by atoms with van der Waals surface area (Å²) < 4.78 is 0. The summed E-state index contributed by atoms with van der Waals surface area (Å²) >= 11 is 11.4. The number of rotatable bonds is 4. The molecule has 0 radical (unpaired) electrons. The smallest absolute Gasteiger partial charge is 0.252 e. The first-order chi connectivity index (χ1) is 9.60. The van der Waals surface area contributed by atoms with E-state index in [0.717, 1.165) is 11.4 Å². The fourth-order valence-corrected chi connectivity index (χ4v) is 3.64. The molecule has 1 amide bonds. The van der Waals surface area contributed by atoms with Crippen LogP contribution in [0, 0.1) is 5.92 Å². The van der Waals surface area contributed by atoms with Gasteiger partial charge in [0, 0.05) is 16.3 Å². The maximum Gasteiger partial charge on any atom is 0.252 e. The first-order valence-electron chi connectivity index (χ1n) is 6.86. The van der Waals surface area contributed by atoms with Crippen molar-refractivity contribution in [2.75, 3.05) is 12.8 Å². The first-order valence-corrected chi connectivity index (χ1v) is 9.37. The summed E-state index contributed by atoms with van der Waals surface area (Å²) in [4.78, 5) is 13.9. The molecular formula is C15H19BrClNOS. The molecule has 1 aliphatic rings. The zero-order valence-corrected chi connectivity index (χ0v) is 14.7. The summed E-state index contributed by atoms with van der Waals surface area (Å²) in [7, 11) is 0. The van der Waals surface area contributed by atoms with E-state index >= 15 is 0 Å². The number of carbonyl (C=O) groups excluding carboxylic acids is 1. The molecule has 1 saturated carbocycles. The molecule has 1 aromatic rings. The minimum Gasteiger partial charge on any atom is -0.352 e. The average molecular weight is 377 g/mol. The number of nitrogens with one attached hydrogen (secondary N) is 1. The van der Waals surface area contributed by atoms with Gasteiger partial charge >= 0.3 is 0 Å². The van der Waals surface area contributed by atoms with Gasteiger partial charge in [-0.1, -0.05) is 27.5 Å². The van der Waals surface area contributed by atoms with Crippen molar-refractivity contribution in [3.05, 3.63) is 28.8 Å². The third-order valence-electron chi connectivity index (χ3n) is 3.75. The molecule has 5 heteroatoms. The van der Waals surface area contributed by atoms with Gasteiger partial charge in [0.2, 0.25) is 0 Å². The van der Waals surface area contributed by atoms with E-state index in [1.807, 2.05) is 18.4 Å². The van der Waals surface area contributed by atoms with Crippen LogP contribution in [0.5, 0.6) is 0 Å². The van der Waals surface area contributed by atoms with Gasteiger partial charge in [-0.3, -0.25) is 4.79 Å². The molecule has 1 aliphatic carbocycles. The molecule has 2 nitrogen and oxygen atoms in total. The van der Waals surface area contributed by atoms with Gasteiger partial charge in [-0.2, -0.15) is 0 Å². The zero-order valence-electron chi connectivity index (χ0n) is 11.5. The van der Waals surface area contributed by atoms with Gasteiger partial charge in [-0.25, -0.2) is 0 Å². The molecule has 0 aromatic heterocycles. The van der Waals surface area contributed by atoms with Gasteiger partial charge in [0.05, 0.1) is 10.6 Å². The third-order valence-corrected chi connectivity index (χ3v) is 5.72. The highest BCUT2D eigenvalue weighted by Crippen LogP contribution is 2.28. The van der Waals surface area contributed by atoms with Crippen molar-refractivity contribution in [3.8, 4) is 0 Å². The monoisotopic (exact) mass is 375 g/mol. The van der Waals surface area contributed by atoms with Gasteiger partial charge < -0.3 is 5.32 Å². The quantitative estimate of drug-likeness (QED) is 0.607. The summed E-state index contributed by atoms with van der Waals surface area (Å²) in [6.07, 6.45) is 6.74. The summed E-state index contributed by atoms with van der Waals surface area (Å²) in [5.41, 5.74) is 0.577. The normalized spacial score (nSPS) is 22.6. The summed E-state index contributed by atoms with van der Waals surface area (Å²) in [6.45, 7) is 0.748. The molecule has 0 unspecified atom stereocenters. The van der Waals surface area contributed by atoms with Crippen LogP contribution in [0.1, 0.15) is 36.0 Å². The minimum atomic E-state index is -0.0631. The van der Waals surface area contributed by atoms with E-state index in [4.69, 9.17) is 11.6 Å². The highest BCUT2D eigenvalue weighted by Gasteiger charge is 2.20. The van der Waals surface area contributed by atoms with Crippen LogP contribution in [0.4, 0.5) is 0 Å². The lowest BCUT2D eigenvalue weighted by Crippen LogP contribution is -2.31. The van der Waals surface area contributed by atoms with Crippen LogP contribution >= 0.6 is 39.3 Å². The van der Waals surface area contributed by atoms with Crippen molar-refractivity contribution in [3.63, 3.8) is 0 Å². The Bertz CT molecular complexity index is 475. The molecule has 0 aliphatic heterocycles. The second kappa shape index (κ2) is 7.71. The highest BCUT2D eigenvalue weighted by atomic mass is 79.9. The van der Waals surface area contributed by atoms with Gasteiger partial charge in [0.15, 0.2) is 0 Å². The van der Waals surface area contributed by atoms with Gasteiger partial charge in [-0.05, 0) is 56.1 Å². The molecular weight excluding hydrogens is 358 g/mol. The second-order valence-corrected chi connectivity index (χ2v) is 7.76. The fourth-order valence-electron chi connectivity index (χ4n) is 2.46. The summed E-state index contributed by atoms with van der Waals surface area (Å²) in [5.74, 6) is 0.530. The number of alkyl halides is 1. The number of hydrogen-bond acceptors (Lipinski definition) is 2. The largest absolute Gasteiger partial charge is 0.352 e. The minimum absolute atomic E-state index is 0.0631. The molecule has 1 N–H and O–H groups in total. The van der Waals surface area contributed by atoms with Gasteiger partial charge in [0.25, 0.3) is 5.91 Å². The number of carbonyl (C=O) groups is 1. The van der Waals surface area contributed by atoms with Gasteiger partial charge in [0.1, 0.15) is 0 Å². The number of benzene rings is 1. The Labute approximate surface area is 138 Å². The molecule has 1 aromatic carbocycles. The van der Waals surface area contributed by atoms with Crippen molar-refractivity contribution >= 4 is 45.2 Å². The third kappa shape index (κ3) is 4.40. The molecule has 0 bridgehead atoms. The molecule has 1 fully saturated rings. The van der Waals surface area contributed by atoms with E-state index in [1.54, 1.807) is 17.8 Å². The molecule has 0 spiro atoms. The van der Waals surface area contributed by atoms with E-state index in [-0.39, 0.29) is 5.91 Å². The Morgan fingerprint density at radius 3 is 2.75 bits per heavy atom. The van der Waals surface area contributed by atoms with Crippen molar-refractivity contribution in [1.82, 2.24) is 5.32 Å². The second-order valence-electron chi connectivity index (χ2n) is 5.17. The first kappa shape index (κ1) is 16.2. The predicted molar refractivity (Wildman–Crippen MR) is 90.2 cm³/mol. The lowest BCUT2D eigenvalue weighted by atomic mass is 9.89. The molecule has 0 heterocycles. The van der Waals surface area contributed by atoms with Crippen LogP contribution in [-0.4, -0.2) is 23.5 Å². The summed E-state index contributed by atoms with van der Waals surface area (Å²) in [5, 5.41) is 3.55. The van der Waals surface area contributed by atoms with E-state index in [2.05, 4.69) is 21.2 Å². The maximum atomic E-state index is 12.2. The van der Waals surface area contributed by atoms with Crippen LogP contribution in [0.25, 0.3) is 0 Å². The molecule has 0 atom stereocenters. The highest BCUT2D eigenvalue weighted by molar-refractivity contribution is 9.09. The van der Waals surface area contributed by atoms with Crippen molar-refractivity contribution in [2.24, 2.45) is 5.92 Å². The molecule has 20 heavy (non-hydrogen) atoms. The number of amides is 1. The van der Waals surface area contributed by atoms with E-state index in [1.165, 1.54) is 25.7 Å². The molecule has 0 saturated heterocycles.